The van der Waals surface area contributed by atoms with Crippen LogP contribution in [-0.2, 0) is 0 Å². The maximum Gasteiger partial charge on any atom is 0.128 e. The summed E-state index contributed by atoms with van der Waals surface area (Å²) in [5.41, 5.74) is 3.62. The Kier molecular flexibility index (Phi) is 5.79. The third-order valence-corrected chi connectivity index (χ3v) is 5.12. The lowest BCUT2D eigenvalue weighted by atomic mass is 10.1. The van der Waals surface area contributed by atoms with Crippen LogP contribution in [0, 0.1) is 0 Å². The fourth-order valence-corrected chi connectivity index (χ4v) is 3.54. The highest BCUT2D eigenvalue weighted by molar-refractivity contribution is 5.90. The molecule has 29 heavy (non-hydrogen) atoms. The highest BCUT2D eigenvalue weighted by Gasteiger charge is 2.17. The smallest absolute Gasteiger partial charge is 0.128 e. The summed E-state index contributed by atoms with van der Waals surface area (Å²) in [6, 6.07) is 15.8. The standard InChI is InChI=1S/C23H26N4O2/c1-28-20-11-12-22(29-2)21(15-20)23-18(16-24-26-13-7-4-8-14-26)17-27(25-23)19-9-5-3-6-10-19/h3,5-6,9-12,15-17H,4,7-8,13-14H2,1-2H3/b24-16-. The van der Waals surface area contributed by atoms with Crippen LogP contribution in [0.25, 0.3) is 16.9 Å². The van der Waals surface area contributed by atoms with Crippen molar-refractivity contribution in [3.05, 3.63) is 60.3 Å². The van der Waals surface area contributed by atoms with Gasteiger partial charge in [0, 0.05) is 30.4 Å². The van der Waals surface area contributed by atoms with E-state index >= 15 is 0 Å². The van der Waals surface area contributed by atoms with E-state index in [-0.39, 0.29) is 0 Å². The largest absolute Gasteiger partial charge is 0.497 e. The Morgan fingerprint density at radius 2 is 1.76 bits per heavy atom. The molecule has 6 nitrogen and oxygen atoms in total. The van der Waals surface area contributed by atoms with Crippen LogP contribution in [0.1, 0.15) is 24.8 Å². The van der Waals surface area contributed by atoms with Crippen LogP contribution in [0.3, 0.4) is 0 Å². The van der Waals surface area contributed by atoms with Crippen molar-refractivity contribution in [2.24, 2.45) is 5.10 Å². The monoisotopic (exact) mass is 390 g/mol. The van der Waals surface area contributed by atoms with E-state index in [9.17, 15) is 0 Å². The minimum atomic E-state index is 0.747. The number of para-hydroxylation sites is 1. The van der Waals surface area contributed by atoms with Gasteiger partial charge in [-0.25, -0.2) is 4.68 Å². The molecule has 2 heterocycles. The molecule has 150 valence electrons. The molecule has 0 bridgehead atoms. The van der Waals surface area contributed by atoms with E-state index in [4.69, 9.17) is 19.7 Å². The van der Waals surface area contributed by atoms with Crippen molar-refractivity contribution in [1.29, 1.82) is 0 Å². The van der Waals surface area contributed by atoms with Gasteiger partial charge in [0.05, 0.1) is 26.1 Å². The quantitative estimate of drug-likeness (QED) is 0.586. The first-order chi connectivity index (χ1) is 14.3. The van der Waals surface area contributed by atoms with Gasteiger partial charge in [-0.15, -0.1) is 0 Å². The summed E-state index contributed by atoms with van der Waals surface area (Å²) in [6.45, 7) is 2.00. The first kappa shape index (κ1) is 19.1. The van der Waals surface area contributed by atoms with Gasteiger partial charge in [0.15, 0.2) is 0 Å². The molecule has 6 heteroatoms. The molecule has 0 spiro atoms. The summed E-state index contributed by atoms with van der Waals surface area (Å²) in [5, 5.41) is 11.7. The molecule has 0 aliphatic carbocycles. The Hall–Kier alpha value is -3.28. The summed E-state index contributed by atoms with van der Waals surface area (Å²) in [4.78, 5) is 0. The minimum absolute atomic E-state index is 0.747. The van der Waals surface area contributed by atoms with Crippen LogP contribution in [0.5, 0.6) is 11.5 Å². The van der Waals surface area contributed by atoms with Crippen molar-refractivity contribution in [2.75, 3.05) is 27.3 Å². The first-order valence-electron chi connectivity index (χ1n) is 9.95. The summed E-state index contributed by atoms with van der Waals surface area (Å²) in [7, 11) is 3.33. The van der Waals surface area contributed by atoms with Gasteiger partial charge in [-0.3, -0.25) is 5.01 Å². The Bertz CT molecular complexity index is 976. The number of hydrazone groups is 1. The van der Waals surface area contributed by atoms with E-state index in [1.54, 1.807) is 14.2 Å². The zero-order valence-corrected chi connectivity index (χ0v) is 16.9. The Morgan fingerprint density at radius 1 is 0.966 bits per heavy atom. The van der Waals surface area contributed by atoms with Crippen LogP contribution < -0.4 is 9.47 Å². The van der Waals surface area contributed by atoms with Crippen molar-refractivity contribution in [1.82, 2.24) is 14.8 Å². The van der Waals surface area contributed by atoms with Gasteiger partial charge in [-0.2, -0.15) is 10.2 Å². The second-order valence-electron chi connectivity index (χ2n) is 7.04. The van der Waals surface area contributed by atoms with Gasteiger partial charge in [0.2, 0.25) is 0 Å². The average molecular weight is 390 g/mol. The number of piperidine rings is 1. The van der Waals surface area contributed by atoms with Crippen molar-refractivity contribution in [3.63, 3.8) is 0 Å². The fraction of sp³-hybridized carbons (Fsp3) is 0.304. The van der Waals surface area contributed by atoms with E-state index < -0.39 is 0 Å². The van der Waals surface area contributed by atoms with E-state index in [2.05, 4.69) is 5.01 Å². The molecule has 0 saturated carbocycles. The SMILES string of the molecule is COc1ccc(OC)c(-c2nn(-c3ccccc3)cc2/C=N\N2CCCCC2)c1. The zero-order chi connectivity index (χ0) is 20.1. The number of hydrogen-bond donors (Lipinski definition) is 0. The van der Waals surface area contributed by atoms with Crippen LogP contribution in [-0.4, -0.2) is 48.3 Å². The van der Waals surface area contributed by atoms with Gasteiger partial charge in [0.1, 0.15) is 17.2 Å². The molecule has 4 rings (SSSR count). The third-order valence-electron chi connectivity index (χ3n) is 5.12. The van der Waals surface area contributed by atoms with Gasteiger partial charge >= 0.3 is 0 Å². The van der Waals surface area contributed by atoms with Gasteiger partial charge < -0.3 is 9.47 Å². The summed E-state index contributed by atoms with van der Waals surface area (Å²) >= 11 is 0. The number of methoxy groups -OCH3 is 2. The molecule has 1 aliphatic rings. The summed E-state index contributed by atoms with van der Waals surface area (Å²) < 4.78 is 12.9. The molecule has 1 aromatic heterocycles. The average Bonchev–Trinajstić information content (AvgIpc) is 3.22. The van der Waals surface area contributed by atoms with Crippen molar-refractivity contribution in [2.45, 2.75) is 19.3 Å². The molecule has 2 aromatic carbocycles. The van der Waals surface area contributed by atoms with Crippen LogP contribution in [0.2, 0.25) is 0 Å². The molecule has 0 amide bonds. The van der Waals surface area contributed by atoms with Crippen molar-refractivity contribution >= 4 is 6.21 Å². The van der Waals surface area contributed by atoms with Gasteiger partial charge in [-0.05, 0) is 49.6 Å². The molecule has 0 N–H and O–H groups in total. The van der Waals surface area contributed by atoms with E-state index in [0.717, 1.165) is 47.1 Å². The second kappa shape index (κ2) is 8.82. The Balaban J connectivity index is 1.79. The highest BCUT2D eigenvalue weighted by atomic mass is 16.5. The summed E-state index contributed by atoms with van der Waals surface area (Å²) in [6.07, 6.45) is 7.58. The predicted molar refractivity (Wildman–Crippen MR) is 115 cm³/mol. The topological polar surface area (TPSA) is 51.9 Å². The third kappa shape index (κ3) is 4.26. The predicted octanol–water partition coefficient (Wildman–Crippen LogP) is 4.38. The Labute approximate surface area is 171 Å². The Morgan fingerprint density at radius 3 is 2.48 bits per heavy atom. The lowest BCUT2D eigenvalue weighted by Gasteiger charge is -2.23. The van der Waals surface area contributed by atoms with Crippen LogP contribution >= 0.6 is 0 Å². The molecule has 0 unspecified atom stereocenters. The maximum absolute atomic E-state index is 5.60. The molecule has 1 fully saturated rings. The molecule has 1 saturated heterocycles. The minimum Gasteiger partial charge on any atom is -0.497 e. The van der Waals surface area contributed by atoms with Gasteiger partial charge in [0.25, 0.3) is 0 Å². The van der Waals surface area contributed by atoms with Gasteiger partial charge in [-0.1, -0.05) is 18.2 Å². The first-order valence-corrected chi connectivity index (χ1v) is 9.95. The number of hydrogen-bond acceptors (Lipinski definition) is 5. The number of rotatable bonds is 6. The van der Waals surface area contributed by atoms with Crippen LogP contribution in [0.15, 0.2) is 59.8 Å². The highest BCUT2D eigenvalue weighted by Crippen LogP contribution is 2.34. The van der Waals surface area contributed by atoms with E-state index in [1.807, 2.05) is 65.6 Å². The molecule has 0 atom stereocenters. The molecule has 0 radical (unpaired) electrons. The normalized spacial score (nSPS) is 14.3. The fourth-order valence-electron chi connectivity index (χ4n) is 3.54. The number of aromatic nitrogens is 2. The number of nitrogens with zero attached hydrogens (tertiary/aromatic N) is 4. The summed E-state index contributed by atoms with van der Waals surface area (Å²) in [5.74, 6) is 1.51. The lowest BCUT2D eigenvalue weighted by molar-refractivity contribution is 0.240. The van der Waals surface area contributed by atoms with E-state index in [1.165, 1.54) is 19.3 Å². The number of benzene rings is 2. The number of ether oxygens (including phenoxy) is 2. The van der Waals surface area contributed by atoms with Crippen molar-refractivity contribution in [3.8, 4) is 28.4 Å². The maximum atomic E-state index is 5.60. The van der Waals surface area contributed by atoms with E-state index in [0.29, 0.717) is 0 Å². The molecular weight excluding hydrogens is 364 g/mol. The molecular formula is C23H26N4O2. The lowest BCUT2D eigenvalue weighted by Crippen LogP contribution is -2.24. The zero-order valence-electron chi connectivity index (χ0n) is 16.9. The second-order valence-corrected chi connectivity index (χ2v) is 7.04. The molecule has 3 aromatic rings. The van der Waals surface area contributed by atoms with Crippen molar-refractivity contribution < 1.29 is 9.47 Å². The molecule has 1 aliphatic heterocycles. The van der Waals surface area contributed by atoms with Crippen LogP contribution in [0.4, 0.5) is 0 Å².